The lowest BCUT2D eigenvalue weighted by Crippen LogP contribution is -2.45. The van der Waals surface area contributed by atoms with E-state index < -0.39 is 35.8 Å². The summed E-state index contributed by atoms with van der Waals surface area (Å²) in [4.78, 5) is 17.8. The third-order valence-corrected chi connectivity index (χ3v) is 5.99. The van der Waals surface area contributed by atoms with Crippen LogP contribution in [-0.2, 0) is 24.5 Å². The SMILES string of the molecule is COCCN(C)N(Cc1ccc(C(F)(F)F)cc1F)C(=O)c1cc2c(cc1F)nc(N)c1cnn(C)c12. The zero-order valence-corrected chi connectivity index (χ0v) is 20.1. The quantitative estimate of drug-likeness (QED) is 0.290. The third kappa shape index (κ3) is 5.04. The molecule has 0 aliphatic heterocycles. The van der Waals surface area contributed by atoms with Crippen LogP contribution in [0.4, 0.5) is 27.8 Å². The maximum absolute atomic E-state index is 15.2. The number of benzene rings is 2. The van der Waals surface area contributed by atoms with Crippen molar-refractivity contribution in [1.29, 1.82) is 0 Å². The summed E-state index contributed by atoms with van der Waals surface area (Å²) in [6.45, 7) is -0.125. The predicted octanol–water partition coefficient (Wildman–Crippen LogP) is 4.14. The first-order valence-electron chi connectivity index (χ1n) is 11.0. The van der Waals surface area contributed by atoms with Gasteiger partial charge in [-0.15, -0.1) is 0 Å². The van der Waals surface area contributed by atoms with Crippen LogP contribution in [0, 0.1) is 11.6 Å². The lowest BCUT2D eigenvalue weighted by Gasteiger charge is -2.32. The molecule has 8 nitrogen and oxygen atoms in total. The smallest absolute Gasteiger partial charge is 0.383 e. The molecule has 0 unspecified atom stereocenters. The Morgan fingerprint density at radius 2 is 1.86 bits per heavy atom. The molecule has 0 aliphatic carbocycles. The van der Waals surface area contributed by atoms with Crippen molar-refractivity contribution in [1.82, 2.24) is 24.8 Å². The predicted molar refractivity (Wildman–Crippen MR) is 126 cm³/mol. The number of amides is 1. The number of alkyl halides is 3. The molecule has 0 radical (unpaired) electrons. The van der Waals surface area contributed by atoms with E-state index in [1.807, 2.05) is 0 Å². The molecule has 1 amide bonds. The Morgan fingerprint density at radius 3 is 2.51 bits per heavy atom. The lowest BCUT2D eigenvalue weighted by atomic mass is 10.1. The number of nitrogens with two attached hydrogens (primary N) is 1. The van der Waals surface area contributed by atoms with Crippen molar-refractivity contribution in [3.8, 4) is 0 Å². The van der Waals surface area contributed by atoms with Crippen molar-refractivity contribution < 1.29 is 31.5 Å². The Kier molecular flexibility index (Phi) is 7.02. The van der Waals surface area contributed by atoms with E-state index in [9.17, 15) is 22.4 Å². The highest BCUT2D eigenvalue weighted by Gasteiger charge is 2.32. The summed E-state index contributed by atoms with van der Waals surface area (Å²) >= 11 is 0. The van der Waals surface area contributed by atoms with Crippen LogP contribution in [-0.4, -0.2) is 58.0 Å². The number of anilines is 1. The second kappa shape index (κ2) is 9.90. The van der Waals surface area contributed by atoms with Crippen LogP contribution >= 0.6 is 0 Å². The molecular formula is C24H23F5N6O2. The number of nitrogen functional groups attached to an aromatic ring is 1. The maximum Gasteiger partial charge on any atom is 0.416 e. The highest BCUT2D eigenvalue weighted by Crippen LogP contribution is 2.32. The second-order valence-corrected chi connectivity index (χ2v) is 8.42. The van der Waals surface area contributed by atoms with Crippen molar-refractivity contribution >= 4 is 33.5 Å². The molecule has 4 aromatic rings. The number of halogens is 5. The van der Waals surface area contributed by atoms with E-state index in [-0.39, 0.29) is 35.6 Å². The van der Waals surface area contributed by atoms with E-state index in [4.69, 9.17) is 10.5 Å². The topological polar surface area (TPSA) is 89.5 Å². The Labute approximate surface area is 208 Å². The average Bonchev–Trinajstić information content (AvgIpc) is 3.22. The number of pyridine rings is 1. The van der Waals surface area contributed by atoms with Gasteiger partial charge in [0.1, 0.15) is 17.5 Å². The number of carbonyl (C=O) groups excluding carboxylic acids is 1. The fourth-order valence-electron chi connectivity index (χ4n) is 3.99. The molecule has 0 aliphatic rings. The monoisotopic (exact) mass is 522 g/mol. The Hall–Kier alpha value is -3.84. The number of hydrogen-bond acceptors (Lipinski definition) is 6. The summed E-state index contributed by atoms with van der Waals surface area (Å²) in [6.07, 6.45) is -3.23. The van der Waals surface area contributed by atoms with Gasteiger partial charge in [-0.2, -0.15) is 18.3 Å². The van der Waals surface area contributed by atoms with E-state index in [0.717, 1.165) is 23.2 Å². The number of fused-ring (bicyclic) bond motifs is 3. The first-order valence-corrected chi connectivity index (χ1v) is 11.0. The molecule has 2 heterocycles. The van der Waals surface area contributed by atoms with Crippen LogP contribution in [0.25, 0.3) is 21.8 Å². The number of ether oxygens (including phenoxy) is 1. The second-order valence-electron chi connectivity index (χ2n) is 8.42. The van der Waals surface area contributed by atoms with Gasteiger partial charge in [0.15, 0.2) is 0 Å². The van der Waals surface area contributed by atoms with E-state index in [2.05, 4.69) is 10.1 Å². The summed E-state index contributed by atoms with van der Waals surface area (Å²) in [6, 6.07) is 4.41. The molecule has 0 saturated carbocycles. The van der Waals surface area contributed by atoms with Crippen LogP contribution in [0.2, 0.25) is 0 Å². The first-order chi connectivity index (χ1) is 17.4. The van der Waals surface area contributed by atoms with Gasteiger partial charge < -0.3 is 10.5 Å². The summed E-state index contributed by atoms with van der Waals surface area (Å²) in [5, 5.41) is 7.50. The summed E-state index contributed by atoms with van der Waals surface area (Å²) in [5.41, 5.74) is 5.01. The normalized spacial score (nSPS) is 12.1. The minimum absolute atomic E-state index is 0.146. The van der Waals surface area contributed by atoms with Gasteiger partial charge in [-0.1, -0.05) is 6.07 Å². The fraction of sp³-hybridized carbons (Fsp3) is 0.292. The van der Waals surface area contributed by atoms with E-state index in [1.54, 1.807) is 7.05 Å². The molecule has 2 aromatic carbocycles. The van der Waals surface area contributed by atoms with Gasteiger partial charge >= 0.3 is 6.18 Å². The van der Waals surface area contributed by atoms with Crippen molar-refractivity contribution in [3.05, 3.63) is 64.9 Å². The first kappa shape index (κ1) is 26.2. The summed E-state index contributed by atoms with van der Waals surface area (Å²) in [7, 11) is 4.60. The van der Waals surface area contributed by atoms with Crippen molar-refractivity contribution in [2.24, 2.45) is 7.05 Å². The Balaban J connectivity index is 1.79. The van der Waals surface area contributed by atoms with E-state index >= 15 is 4.39 Å². The van der Waals surface area contributed by atoms with Crippen molar-refractivity contribution in [2.75, 3.05) is 33.0 Å². The molecule has 0 saturated heterocycles. The standard InChI is InChI=1S/C24H23F5N6O2/c1-33(6-7-37-3)35(12-13-4-5-14(8-18(13)25)24(27,28)29)23(36)15-9-16-20(10-19(15)26)32-22(30)17-11-31-34(2)21(16)17/h4-5,8-11H,6-7,12H2,1-3H3,(H2,30,32). The largest absolute Gasteiger partial charge is 0.416 e. The van der Waals surface area contributed by atoms with Gasteiger partial charge in [0.2, 0.25) is 0 Å². The molecule has 2 aromatic heterocycles. The minimum atomic E-state index is -4.73. The summed E-state index contributed by atoms with van der Waals surface area (Å²) < 4.78 is 75.3. The molecule has 196 valence electrons. The molecule has 0 fully saturated rings. The number of nitrogens with zero attached hydrogens (tertiary/aromatic N) is 5. The highest BCUT2D eigenvalue weighted by atomic mass is 19.4. The molecule has 13 heteroatoms. The number of aromatic nitrogens is 3. The van der Waals surface area contributed by atoms with Crippen LogP contribution in [0.15, 0.2) is 36.5 Å². The van der Waals surface area contributed by atoms with Crippen LogP contribution in [0.3, 0.4) is 0 Å². The molecule has 37 heavy (non-hydrogen) atoms. The zero-order chi connectivity index (χ0) is 27.1. The van der Waals surface area contributed by atoms with Crippen LogP contribution < -0.4 is 5.73 Å². The van der Waals surface area contributed by atoms with Gasteiger partial charge in [0.25, 0.3) is 5.91 Å². The van der Waals surface area contributed by atoms with Gasteiger partial charge in [0, 0.05) is 44.8 Å². The number of methoxy groups -OCH3 is 1. The average molecular weight is 522 g/mol. The minimum Gasteiger partial charge on any atom is -0.383 e. The Morgan fingerprint density at radius 1 is 1.14 bits per heavy atom. The number of hydrazine groups is 1. The van der Waals surface area contributed by atoms with E-state index in [1.165, 1.54) is 36.1 Å². The fourth-order valence-corrected chi connectivity index (χ4v) is 3.99. The number of likely N-dealkylation sites (N-methyl/N-ethyl adjacent to an activating group) is 1. The Bertz CT molecular complexity index is 1490. The molecule has 0 atom stereocenters. The van der Waals surface area contributed by atoms with Crippen LogP contribution in [0.1, 0.15) is 21.5 Å². The summed E-state index contributed by atoms with van der Waals surface area (Å²) in [5.74, 6) is -2.75. The number of hydrogen-bond donors (Lipinski definition) is 1. The molecule has 0 bridgehead atoms. The zero-order valence-electron chi connectivity index (χ0n) is 20.1. The number of aryl methyl sites for hydroxylation is 1. The highest BCUT2D eigenvalue weighted by molar-refractivity contribution is 6.10. The molecular weight excluding hydrogens is 499 g/mol. The number of carbonyl (C=O) groups is 1. The van der Waals surface area contributed by atoms with Crippen LogP contribution in [0.5, 0.6) is 0 Å². The van der Waals surface area contributed by atoms with Gasteiger partial charge in [0.05, 0.1) is 46.9 Å². The van der Waals surface area contributed by atoms with Crippen molar-refractivity contribution in [2.45, 2.75) is 12.7 Å². The molecule has 4 rings (SSSR count). The maximum atomic E-state index is 15.2. The third-order valence-electron chi connectivity index (χ3n) is 5.99. The van der Waals surface area contributed by atoms with Gasteiger partial charge in [-0.05, 0) is 18.2 Å². The molecule has 0 spiro atoms. The van der Waals surface area contributed by atoms with Gasteiger partial charge in [-0.25, -0.2) is 18.8 Å². The molecule has 2 N–H and O–H groups in total. The lowest BCUT2D eigenvalue weighted by molar-refractivity contribution is -0.137. The van der Waals surface area contributed by atoms with E-state index in [0.29, 0.717) is 22.4 Å². The van der Waals surface area contributed by atoms with Crippen molar-refractivity contribution in [3.63, 3.8) is 0 Å². The number of rotatable bonds is 7. The van der Waals surface area contributed by atoms with Gasteiger partial charge in [-0.3, -0.25) is 14.5 Å².